The van der Waals surface area contributed by atoms with Gasteiger partial charge in [0.1, 0.15) is 5.75 Å². The third kappa shape index (κ3) is 6.68. The molecule has 1 aliphatic rings. The quantitative estimate of drug-likeness (QED) is 0.617. The zero-order valence-electron chi connectivity index (χ0n) is 16.5. The summed E-state index contributed by atoms with van der Waals surface area (Å²) in [5.41, 5.74) is 2.93. The Hall–Kier alpha value is -1.77. The highest BCUT2D eigenvalue weighted by Gasteiger charge is 2.23. The van der Waals surface area contributed by atoms with Gasteiger partial charge in [-0.2, -0.15) is 5.26 Å². The molecule has 2 aromatic carbocycles. The summed E-state index contributed by atoms with van der Waals surface area (Å²) in [7, 11) is 4.33. The Balaban J connectivity index is 0.00000196. The first kappa shape index (κ1) is 24.3. The summed E-state index contributed by atoms with van der Waals surface area (Å²) in [6, 6.07) is 18.7. The van der Waals surface area contributed by atoms with E-state index in [1.54, 1.807) is 0 Å². The van der Waals surface area contributed by atoms with E-state index in [0.29, 0.717) is 11.6 Å². The van der Waals surface area contributed by atoms with Gasteiger partial charge in [-0.3, -0.25) is 0 Å². The van der Waals surface area contributed by atoms with Crippen molar-refractivity contribution < 1.29 is 4.74 Å². The summed E-state index contributed by atoms with van der Waals surface area (Å²) >= 11 is 0. The van der Waals surface area contributed by atoms with Gasteiger partial charge >= 0.3 is 0 Å². The fraction of sp³-hybridized carbons (Fsp3) is 0.409. The van der Waals surface area contributed by atoms with E-state index in [0.717, 1.165) is 36.4 Å². The maximum atomic E-state index is 8.87. The number of likely N-dealkylation sites (N-methyl/N-ethyl adjacent to an activating group) is 1. The van der Waals surface area contributed by atoms with Gasteiger partial charge in [-0.15, -0.1) is 24.8 Å². The third-order valence-corrected chi connectivity index (χ3v) is 5.07. The highest BCUT2D eigenvalue weighted by atomic mass is 35.5. The summed E-state index contributed by atoms with van der Waals surface area (Å²) in [6.45, 7) is 4.22. The SMILES string of the molecule is CN(C)[C@@H]1CCN(CCCOc2ccc(-c3ccc(C#N)cc3)cc2)C1.Cl.Cl. The summed E-state index contributed by atoms with van der Waals surface area (Å²) in [5, 5.41) is 8.87. The summed E-state index contributed by atoms with van der Waals surface area (Å²) < 4.78 is 5.89. The molecule has 0 aliphatic carbocycles. The molecule has 1 heterocycles. The van der Waals surface area contributed by atoms with Gasteiger partial charge in [0.15, 0.2) is 0 Å². The highest BCUT2D eigenvalue weighted by Crippen LogP contribution is 2.23. The highest BCUT2D eigenvalue weighted by molar-refractivity contribution is 5.85. The average Bonchev–Trinajstić information content (AvgIpc) is 3.15. The lowest BCUT2D eigenvalue weighted by Crippen LogP contribution is -2.32. The van der Waals surface area contributed by atoms with E-state index in [9.17, 15) is 0 Å². The lowest BCUT2D eigenvalue weighted by molar-refractivity contribution is 0.242. The second-order valence-electron chi connectivity index (χ2n) is 7.12. The van der Waals surface area contributed by atoms with Crippen LogP contribution in [-0.2, 0) is 0 Å². The van der Waals surface area contributed by atoms with Crippen molar-refractivity contribution in [2.75, 3.05) is 40.3 Å². The van der Waals surface area contributed by atoms with Crippen molar-refractivity contribution in [1.82, 2.24) is 9.80 Å². The summed E-state index contributed by atoms with van der Waals surface area (Å²) in [5.74, 6) is 0.912. The minimum Gasteiger partial charge on any atom is -0.494 e. The first-order valence-corrected chi connectivity index (χ1v) is 9.28. The van der Waals surface area contributed by atoms with Crippen LogP contribution in [0.5, 0.6) is 5.75 Å². The monoisotopic (exact) mass is 421 g/mol. The average molecular weight is 422 g/mol. The Morgan fingerprint density at radius 3 is 2.18 bits per heavy atom. The van der Waals surface area contributed by atoms with Gasteiger partial charge in [-0.05, 0) is 68.9 Å². The van der Waals surface area contributed by atoms with Crippen molar-refractivity contribution in [3.63, 3.8) is 0 Å². The number of hydrogen-bond donors (Lipinski definition) is 0. The molecule has 152 valence electrons. The van der Waals surface area contributed by atoms with Crippen molar-refractivity contribution in [3.8, 4) is 22.9 Å². The molecule has 1 atom stereocenters. The van der Waals surface area contributed by atoms with E-state index >= 15 is 0 Å². The molecule has 1 saturated heterocycles. The minimum absolute atomic E-state index is 0. The van der Waals surface area contributed by atoms with Crippen LogP contribution in [0.1, 0.15) is 18.4 Å². The van der Waals surface area contributed by atoms with Crippen LogP contribution in [0.25, 0.3) is 11.1 Å². The van der Waals surface area contributed by atoms with Gasteiger partial charge in [0.05, 0.1) is 18.2 Å². The molecule has 0 unspecified atom stereocenters. The first-order valence-electron chi connectivity index (χ1n) is 9.28. The molecule has 3 rings (SSSR count). The van der Waals surface area contributed by atoms with E-state index in [4.69, 9.17) is 10.00 Å². The number of nitriles is 1. The maximum Gasteiger partial charge on any atom is 0.119 e. The van der Waals surface area contributed by atoms with Crippen molar-refractivity contribution in [1.29, 1.82) is 5.26 Å². The van der Waals surface area contributed by atoms with Crippen molar-refractivity contribution >= 4 is 24.8 Å². The maximum absolute atomic E-state index is 8.87. The molecule has 1 fully saturated rings. The Bertz CT molecular complexity index is 742. The van der Waals surface area contributed by atoms with E-state index in [2.05, 4.69) is 42.1 Å². The van der Waals surface area contributed by atoms with Gasteiger partial charge in [0, 0.05) is 19.1 Å². The van der Waals surface area contributed by atoms with E-state index in [1.165, 1.54) is 19.5 Å². The van der Waals surface area contributed by atoms with Gasteiger partial charge in [-0.25, -0.2) is 0 Å². The molecule has 2 aromatic rings. The Labute approximate surface area is 180 Å². The predicted octanol–water partition coefficient (Wildman–Crippen LogP) is 4.47. The molecule has 0 radical (unpaired) electrons. The molecule has 1 aliphatic heterocycles. The van der Waals surface area contributed by atoms with Gasteiger partial charge in [-0.1, -0.05) is 24.3 Å². The van der Waals surface area contributed by atoms with Crippen LogP contribution in [0.3, 0.4) is 0 Å². The summed E-state index contributed by atoms with van der Waals surface area (Å²) in [6.07, 6.45) is 2.32. The smallest absolute Gasteiger partial charge is 0.119 e. The van der Waals surface area contributed by atoms with Crippen LogP contribution < -0.4 is 4.74 Å². The van der Waals surface area contributed by atoms with Crippen LogP contribution in [0.4, 0.5) is 0 Å². The molecular formula is C22H29Cl2N3O. The van der Waals surface area contributed by atoms with Crippen LogP contribution >= 0.6 is 24.8 Å². The second kappa shape index (κ2) is 11.9. The number of rotatable bonds is 7. The van der Waals surface area contributed by atoms with Gasteiger partial charge in [0.2, 0.25) is 0 Å². The topological polar surface area (TPSA) is 39.5 Å². The first-order chi connectivity index (χ1) is 12.7. The molecule has 0 spiro atoms. The Morgan fingerprint density at radius 2 is 1.64 bits per heavy atom. The number of ether oxygens (including phenoxy) is 1. The molecule has 28 heavy (non-hydrogen) atoms. The second-order valence-corrected chi connectivity index (χ2v) is 7.12. The lowest BCUT2D eigenvalue weighted by atomic mass is 10.0. The van der Waals surface area contributed by atoms with Crippen molar-refractivity contribution in [2.24, 2.45) is 0 Å². The molecule has 0 N–H and O–H groups in total. The fourth-order valence-electron chi connectivity index (χ4n) is 3.40. The standard InChI is InChI=1S/C22H27N3O.2ClH/c1-24(2)21-12-14-25(17-21)13-3-15-26-22-10-8-20(9-11-22)19-6-4-18(16-23)5-7-19;;/h4-11,21H,3,12-15,17H2,1-2H3;2*1H/t21-;;/m1../s1. The van der Waals surface area contributed by atoms with Crippen LogP contribution in [0.2, 0.25) is 0 Å². The Morgan fingerprint density at radius 1 is 1.04 bits per heavy atom. The van der Waals surface area contributed by atoms with Crippen LogP contribution in [0.15, 0.2) is 48.5 Å². The van der Waals surface area contributed by atoms with E-state index in [-0.39, 0.29) is 24.8 Å². The molecule has 0 amide bonds. The molecule has 4 nitrogen and oxygen atoms in total. The molecule has 0 aromatic heterocycles. The van der Waals surface area contributed by atoms with E-state index in [1.807, 2.05) is 36.4 Å². The number of nitrogens with zero attached hydrogens (tertiary/aromatic N) is 3. The number of halogens is 2. The fourth-order valence-corrected chi connectivity index (χ4v) is 3.40. The zero-order valence-corrected chi connectivity index (χ0v) is 18.1. The van der Waals surface area contributed by atoms with Gasteiger partial charge < -0.3 is 14.5 Å². The number of likely N-dealkylation sites (tertiary alicyclic amines) is 1. The minimum atomic E-state index is 0. The van der Waals surface area contributed by atoms with Crippen LogP contribution in [0, 0.1) is 11.3 Å². The van der Waals surface area contributed by atoms with Crippen LogP contribution in [-0.4, -0.2) is 56.2 Å². The predicted molar refractivity (Wildman–Crippen MR) is 120 cm³/mol. The summed E-state index contributed by atoms with van der Waals surface area (Å²) in [4.78, 5) is 4.86. The number of benzene rings is 2. The molecule has 0 saturated carbocycles. The van der Waals surface area contributed by atoms with E-state index < -0.39 is 0 Å². The Kier molecular flexibility index (Phi) is 10.3. The number of hydrogen-bond acceptors (Lipinski definition) is 4. The largest absolute Gasteiger partial charge is 0.494 e. The molecule has 0 bridgehead atoms. The molecular weight excluding hydrogens is 393 g/mol. The normalized spacial score (nSPS) is 16.1. The van der Waals surface area contributed by atoms with Gasteiger partial charge in [0.25, 0.3) is 0 Å². The molecule has 6 heteroatoms. The van der Waals surface area contributed by atoms with Crippen molar-refractivity contribution in [3.05, 3.63) is 54.1 Å². The lowest BCUT2D eigenvalue weighted by Gasteiger charge is -2.20. The van der Waals surface area contributed by atoms with Crippen molar-refractivity contribution in [2.45, 2.75) is 18.9 Å². The third-order valence-electron chi connectivity index (χ3n) is 5.07. The zero-order chi connectivity index (χ0) is 18.4.